The molecule has 4 atom stereocenters. The fraction of sp³-hybridized carbons (Fsp3) is 0.400. The van der Waals surface area contributed by atoms with Crippen molar-refractivity contribution in [2.24, 2.45) is 5.92 Å². The Balaban J connectivity index is 1.21. The van der Waals surface area contributed by atoms with E-state index in [-0.39, 0.29) is 72.4 Å². The number of nitrogens with zero attached hydrogens (tertiary/aromatic N) is 5. The third kappa shape index (κ3) is 4.05. The number of piperazine rings is 1. The molecule has 3 aliphatic heterocycles. The van der Waals surface area contributed by atoms with Crippen LogP contribution >= 0.6 is 22.9 Å². The highest BCUT2D eigenvalue weighted by molar-refractivity contribution is 7.23. The predicted octanol–water partition coefficient (Wildman–Crippen LogP) is 4.84. The number of hydrogen-bond donors (Lipinski definition) is 2. The average molecular weight is 622 g/mol. The van der Waals surface area contributed by atoms with E-state index >= 15 is 4.39 Å². The molecular formula is C30H26ClF2N7O2S. The lowest BCUT2D eigenvalue weighted by Crippen LogP contribution is -2.57. The molecule has 1 aliphatic carbocycles. The molecule has 43 heavy (non-hydrogen) atoms. The van der Waals surface area contributed by atoms with Crippen LogP contribution in [0.1, 0.15) is 31.2 Å². The molecule has 0 radical (unpaired) electrons. The van der Waals surface area contributed by atoms with Gasteiger partial charge in [0.1, 0.15) is 34.3 Å². The van der Waals surface area contributed by atoms with E-state index in [0.29, 0.717) is 36.3 Å². The van der Waals surface area contributed by atoms with E-state index in [1.807, 2.05) is 6.07 Å². The van der Waals surface area contributed by atoms with Crippen molar-refractivity contribution in [3.05, 3.63) is 40.4 Å². The molecule has 4 aliphatic rings. The number of thiophene rings is 1. The number of nitriles is 1. The topological polar surface area (TPSA) is 130 Å². The zero-order valence-electron chi connectivity index (χ0n) is 23.0. The van der Waals surface area contributed by atoms with Crippen molar-refractivity contribution in [3.8, 4) is 23.2 Å². The molecule has 0 spiro atoms. The fourth-order valence-corrected chi connectivity index (χ4v) is 8.33. The minimum absolute atomic E-state index is 0.0132. The Morgan fingerprint density at radius 2 is 1.95 bits per heavy atom. The SMILES string of the molecule is COc1nc(N2CC3CCC(C2)N3C(=O)[C@H]2N[C@H]2C2CC2)c2cc(Cl)c(-c3ccc(F)c4sc(N)c(C#N)c34)c(F)c2n1. The van der Waals surface area contributed by atoms with Crippen LogP contribution in [-0.4, -0.2) is 65.1 Å². The van der Waals surface area contributed by atoms with Gasteiger partial charge in [0.05, 0.1) is 22.4 Å². The molecule has 1 amide bonds. The summed E-state index contributed by atoms with van der Waals surface area (Å²) in [5.74, 6) is -0.0152. The Hall–Kier alpha value is -3.79. The van der Waals surface area contributed by atoms with Crippen molar-refractivity contribution >= 4 is 60.7 Å². The molecule has 4 fully saturated rings. The molecule has 3 saturated heterocycles. The average Bonchev–Trinajstić information content (AvgIpc) is 3.91. The summed E-state index contributed by atoms with van der Waals surface area (Å²) in [6, 6.07) is 6.49. The fourth-order valence-electron chi connectivity index (χ4n) is 7.08. The van der Waals surface area contributed by atoms with Crippen LogP contribution in [0.4, 0.5) is 19.6 Å². The number of carbonyl (C=O) groups is 1. The summed E-state index contributed by atoms with van der Waals surface area (Å²) in [6.07, 6.45) is 4.16. The zero-order chi connectivity index (χ0) is 29.7. The second-order valence-electron chi connectivity index (χ2n) is 11.8. The molecule has 5 heterocycles. The van der Waals surface area contributed by atoms with Crippen molar-refractivity contribution < 1.29 is 18.3 Å². The van der Waals surface area contributed by atoms with E-state index in [2.05, 4.69) is 25.1 Å². The first-order chi connectivity index (χ1) is 20.8. The monoisotopic (exact) mass is 621 g/mol. The molecule has 2 bridgehead atoms. The third-order valence-electron chi connectivity index (χ3n) is 9.28. The number of anilines is 2. The normalized spacial score (nSPS) is 24.5. The van der Waals surface area contributed by atoms with Gasteiger partial charge < -0.3 is 20.3 Å². The van der Waals surface area contributed by atoms with Gasteiger partial charge in [-0.2, -0.15) is 15.2 Å². The molecule has 220 valence electrons. The second kappa shape index (κ2) is 9.61. The number of nitrogens with one attached hydrogen (secondary N) is 1. The molecular weight excluding hydrogens is 596 g/mol. The van der Waals surface area contributed by atoms with Crippen LogP contribution in [0.25, 0.3) is 32.1 Å². The van der Waals surface area contributed by atoms with Crippen LogP contribution in [-0.2, 0) is 4.79 Å². The number of hydrogen-bond acceptors (Lipinski definition) is 9. The number of aromatic nitrogens is 2. The van der Waals surface area contributed by atoms with E-state index in [0.717, 1.165) is 24.2 Å². The Morgan fingerprint density at radius 3 is 2.63 bits per heavy atom. The Bertz CT molecular complexity index is 1890. The number of rotatable bonds is 5. The van der Waals surface area contributed by atoms with Crippen molar-refractivity contribution in [1.82, 2.24) is 20.2 Å². The molecule has 3 N–H and O–H groups in total. The van der Waals surface area contributed by atoms with Crippen molar-refractivity contribution in [2.75, 3.05) is 30.8 Å². The minimum atomic E-state index is -0.742. The number of ether oxygens (including phenoxy) is 1. The molecule has 4 aromatic rings. The molecule has 2 aromatic carbocycles. The highest BCUT2D eigenvalue weighted by Gasteiger charge is 2.55. The summed E-state index contributed by atoms with van der Waals surface area (Å²) in [6.45, 7) is 1.08. The number of carbonyl (C=O) groups excluding carboxylic acids is 1. The maximum atomic E-state index is 16.6. The molecule has 2 unspecified atom stereocenters. The van der Waals surface area contributed by atoms with Gasteiger partial charge in [0.15, 0.2) is 5.82 Å². The van der Waals surface area contributed by atoms with E-state index in [9.17, 15) is 14.4 Å². The first-order valence-electron chi connectivity index (χ1n) is 14.3. The van der Waals surface area contributed by atoms with E-state index < -0.39 is 11.6 Å². The minimum Gasteiger partial charge on any atom is -0.467 e. The number of nitrogens with two attached hydrogens (primary N) is 1. The smallest absolute Gasteiger partial charge is 0.318 e. The maximum Gasteiger partial charge on any atom is 0.318 e. The van der Waals surface area contributed by atoms with Crippen LogP contribution in [0.2, 0.25) is 5.02 Å². The van der Waals surface area contributed by atoms with E-state index in [1.165, 1.54) is 32.1 Å². The van der Waals surface area contributed by atoms with Gasteiger partial charge in [-0.3, -0.25) is 10.1 Å². The first-order valence-corrected chi connectivity index (χ1v) is 15.5. The number of nitrogen functional groups attached to an aromatic ring is 1. The lowest BCUT2D eigenvalue weighted by molar-refractivity contribution is -0.134. The van der Waals surface area contributed by atoms with Crippen molar-refractivity contribution in [1.29, 1.82) is 5.26 Å². The van der Waals surface area contributed by atoms with Gasteiger partial charge in [0.2, 0.25) is 5.91 Å². The number of fused-ring (bicyclic) bond motifs is 4. The van der Waals surface area contributed by atoms with Gasteiger partial charge in [-0.25, -0.2) is 8.78 Å². The standard InChI is InChI=1S/C30H26ClF2N7O2S/c1-42-30-37-24-16(8-18(31)21(22(24)33)15-6-7-19(32)26-20(15)17(9-34)27(35)43-26)28(38-30)39-10-13-4-5-14(11-39)40(13)29(41)25-23(36-25)12-2-3-12/h6-8,12-14,23,25,36H,2-5,10-11,35H2,1H3/t13?,14?,23-,25-/m0/s1. The van der Waals surface area contributed by atoms with Crippen LogP contribution in [0.5, 0.6) is 6.01 Å². The summed E-state index contributed by atoms with van der Waals surface area (Å²) < 4.78 is 36.8. The van der Waals surface area contributed by atoms with Crippen LogP contribution in [0.15, 0.2) is 18.2 Å². The van der Waals surface area contributed by atoms with Crippen LogP contribution in [0.3, 0.4) is 0 Å². The van der Waals surface area contributed by atoms with Gasteiger partial charge in [0.25, 0.3) is 0 Å². The third-order valence-corrected chi connectivity index (χ3v) is 10.6. The predicted molar refractivity (Wildman–Crippen MR) is 160 cm³/mol. The van der Waals surface area contributed by atoms with Crippen LogP contribution in [0, 0.1) is 28.9 Å². The van der Waals surface area contributed by atoms with Crippen molar-refractivity contribution in [3.63, 3.8) is 0 Å². The number of methoxy groups -OCH3 is 1. The number of benzene rings is 2. The number of amides is 1. The first kappa shape index (κ1) is 26.8. The summed E-state index contributed by atoms with van der Waals surface area (Å²) in [7, 11) is 1.41. The highest BCUT2D eigenvalue weighted by atomic mass is 35.5. The Kier molecular flexibility index (Phi) is 5.99. The van der Waals surface area contributed by atoms with Gasteiger partial charge in [-0.15, -0.1) is 11.3 Å². The van der Waals surface area contributed by atoms with Crippen molar-refractivity contribution in [2.45, 2.75) is 49.9 Å². The lowest BCUT2D eigenvalue weighted by Gasteiger charge is -2.42. The number of halogens is 3. The maximum absolute atomic E-state index is 16.6. The molecule has 13 heteroatoms. The van der Waals surface area contributed by atoms with Gasteiger partial charge in [-0.05, 0) is 49.3 Å². The molecule has 8 rings (SSSR count). The van der Waals surface area contributed by atoms with E-state index in [4.69, 9.17) is 22.1 Å². The summed E-state index contributed by atoms with van der Waals surface area (Å²) in [4.78, 5) is 26.5. The quantitative estimate of drug-likeness (QED) is 0.303. The summed E-state index contributed by atoms with van der Waals surface area (Å²) >= 11 is 7.71. The highest BCUT2D eigenvalue weighted by Crippen LogP contribution is 2.46. The Morgan fingerprint density at radius 1 is 1.21 bits per heavy atom. The second-order valence-corrected chi connectivity index (χ2v) is 13.2. The van der Waals surface area contributed by atoms with Gasteiger partial charge in [0, 0.05) is 47.6 Å². The molecule has 2 aromatic heterocycles. The van der Waals surface area contributed by atoms with Gasteiger partial charge in [-0.1, -0.05) is 17.7 Å². The summed E-state index contributed by atoms with van der Waals surface area (Å²) in [5.41, 5.74) is 6.30. The lowest BCUT2D eigenvalue weighted by atomic mass is 9.97. The zero-order valence-corrected chi connectivity index (χ0v) is 24.6. The molecule has 1 saturated carbocycles. The largest absolute Gasteiger partial charge is 0.467 e. The molecule has 9 nitrogen and oxygen atoms in total. The Labute approximate surface area is 254 Å². The van der Waals surface area contributed by atoms with Gasteiger partial charge >= 0.3 is 6.01 Å². The van der Waals surface area contributed by atoms with E-state index in [1.54, 1.807) is 6.07 Å². The van der Waals surface area contributed by atoms with Crippen LogP contribution < -0.4 is 20.7 Å². The summed E-state index contributed by atoms with van der Waals surface area (Å²) in [5, 5.41) is 13.9.